The van der Waals surface area contributed by atoms with Crippen LogP contribution >= 0.6 is 0 Å². The lowest BCUT2D eigenvalue weighted by molar-refractivity contribution is 0.167. The standard InChI is InChI=1S/C22H30N4O/c1-25-14-6-5-11-21(25)17-24-22(27)26(18-20-10-7-13-23-16-20)15-12-19-8-3-2-4-9-19/h2-4,7-10,13,16,21H,5-6,11-12,14-15,17-18H2,1H3,(H,24,27)/t21-/m0/s1. The van der Waals surface area contributed by atoms with Gasteiger partial charge in [-0.2, -0.15) is 0 Å². The van der Waals surface area contributed by atoms with Gasteiger partial charge >= 0.3 is 6.03 Å². The van der Waals surface area contributed by atoms with Crippen LogP contribution in [0.2, 0.25) is 0 Å². The summed E-state index contributed by atoms with van der Waals surface area (Å²) in [6, 6.07) is 14.7. The van der Waals surface area contributed by atoms with Crippen LogP contribution in [0.1, 0.15) is 30.4 Å². The summed E-state index contributed by atoms with van der Waals surface area (Å²) >= 11 is 0. The van der Waals surface area contributed by atoms with Crippen molar-refractivity contribution in [2.45, 2.75) is 38.3 Å². The summed E-state index contributed by atoms with van der Waals surface area (Å²) < 4.78 is 0. The number of nitrogens with zero attached hydrogens (tertiary/aromatic N) is 3. The van der Waals surface area contributed by atoms with Gasteiger partial charge in [-0.05, 0) is 50.0 Å². The summed E-state index contributed by atoms with van der Waals surface area (Å²) in [5, 5.41) is 3.16. The maximum Gasteiger partial charge on any atom is 0.317 e. The van der Waals surface area contributed by atoms with Crippen LogP contribution in [0.3, 0.4) is 0 Å². The van der Waals surface area contributed by atoms with Gasteiger partial charge in [0.25, 0.3) is 0 Å². The maximum atomic E-state index is 12.9. The van der Waals surface area contributed by atoms with Crippen LogP contribution in [0.15, 0.2) is 54.9 Å². The molecule has 1 fully saturated rings. The molecule has 0 aliphatic carbocycles. The average Bonchev–Trinajstić information content (AvgIpc) is 2.72. The number of likely N-dealkylation sites (tertiary alicyclic amines) is 1. The van der Waals surface area contributed by atoms with E-state index < -0.39 is 0 Å². The van der Waals surface area contributed by atoms with Gasteiger partial charge in [-0.1, -0.05) is 42.8 Å². The lowest BCUT2D eigenvalue weighted by atomic mass is 10.0. The molecule has 3 rings (SSSR count). The molecule has 2 amide bonds. The van der Waals surface area contributed by atoms with Gasteiger partial charge in [0.2, 0.25) is 0 Å². The number of hydrogen-bond donors (Lipinski definition) is 1. The molecule has 2 aromatic rings. The second-order valence-corrected chi connectivity index (χ2v) is 7.33. The number of likely N-dealkylation sites (N-methyl/N-ethyl adjacent to an activating group) is 1. The Kier molecular flexibility index (Phi) is 7.22. The quantitative estimate of drug-likeness (QED) is 0.818. The van der Waals surface area contributed by atoms with Crippen LogP contribution in [0.4, 0.5) is 4.79 Å². The second-order valence-electron chi connectivity index (χ2n) is 7.33. The number of pyridine rings is 1. The fourth-order valence-electron chi connectivity index (χ4n) is 3.59. The first-order chi connectivity index (χ1) is 13.2. The average molecular weight is 367 g/mol. The zero-order valence-corrected chi connectivity index (χ0v) is 16.2. The summed E-state index contributed by atoms with van der Waals surface area (Å²) in [4.78, 5) is 21.3. The van der Waals surface area contributed by atoms with E-state index in [1.807, 2.05) is 41.4 Å². The predicted octanol–water partition coefficient (Wildman–Crippen LogP) is 3.32. The minimum atomic E-state index is 0.00811. The van der Waals surface area contributed by atoms with Gasteiger partial charge in [-0.25, -0.2) is 4.79 Å². The Balaban J connectivity index is 1.59. The Morgan fingerprint density at radius 1 is 1.19 bits per heavy atom. The molecule has 1 atom stereocenters. The summed E-state index contributed by atoms with van der Waals surface area (Å²) in [5.74, 6) is 0. The van der Waals surface area contributed by atoms with Crippen molar-refractivity contribution in [1.29, 1.82) is 0 Å². The number of hydrogen-bond acceptors (Lipinski definition) is 3. The van der Waals surface area contributed by atoms with Crippen molar-refractivity contribution in [3.63, 3.8) is 0 Å². The Hall–Kier alpha value is -2.40. The topological polar surface area (TPSA) is 48.5 Å². The Bertz CT molecular complexity index is 692. The molecule has 1 N–H and O–H groups in total. The first kappa shape index (κ1) is 19.4. The number of piperidine rings is 1. The Labute approximate surface area is 162 Å². The molecule has 1 saturated heterocycles. The summed E-state index contributed by atoms with van der Waals surface area (Å²) in [6.07, 6.45) is 8.10. The van der Waals surface area contributed by atoms with Crippen molar-refractivity contribution in [2.24, 2.45) is 0 Å². The van der Waals surface area contributed by atoms with E-state index in [0.29, 0.717) is 25.7 Å². The van der Waals surface area contributed by atoms with Crippen molar-refractivity contribution >= 4 is 6.03 Å². The van der Waals surface area contributed by atoms with Crippen LogP contribution in [0, 0.1) is 0 Å². The molecule has 1 aliphatic rings. The molecule has 27 heavy (non-hydrogen) atoms. The lowest BCUT2D eigenvalue weighted by Gasteiger charge is -2.33. The highest BCUT2D eigenvalue weighted by Gasteiger charge is 2.21. The molecule has 0 radical (unpaired) electrons. The molecule has 0 unspecified atom stereocenters. The van der Waals surface area contributed by atoms with Gasteiger partial charge in [-0.15, -0.1) is 0 Å². The number of carbonyl (C=O) groups excluding carboxylic acids is 1. The van der Waals surface area contributed by atoms with E-state index in [9.17, 15) is 4.79 Å². The van der Waals surface area contributed by atoms with Crippen LogP contribution in [0.25, 0.3) is 0 Å². The molecule has 5 nitrogen and oxygen atoms in total. The molecule has 5 heteroatoms. The van der Waals surface area contributed by atoms with Crippen LogP contribution in [0.5, 0.6) is 0 Å². The molecule has 2 heterocycles. The molecule has 1 aliphatic heterocycles. The molecule has 0 bridgehead atoms. The molecule has 1 aromatic carbocycles. The van der Waals surface area contributed by atoms with Crippen molar-refractivity contribution in [3.05, 3.63) is 66.0 Å². The number of nitrogens with one attached hydrogen (secondary N) is 1. The van der Waals surface area contributed by atoms with Crippen LogP contribution in [-0.2, 0) is 13.0 Å². The molecule has 0 spiro atoms. The van der Waals surface area contributed by atoms with Crippen molar-refractivity contribution < 1.29 is 4.79 Å². The van der Waals surface area contributed by atoms with E-state index in [4.69, 9.17) is 0 Å². The number of amides is 2. The van der Waals surface area contributed by atoms with Gasteiger partial charge in [0.05, 0.1) is 0 Å². The normalized spacial score (nSPS) is 17.4. The van der Waals surface area contributed by atoms with Gasteiger partial charge in [0, 0.05) is 38.1 Å². The first-order valence-corrected chi connectivity index (χ1v) is 9.88. The largest absolute Gasteiger partial charge is 0.336 e. The third-order valence-electron chi connectivity index (χ3n) is 5.31. The molecular weight excluding hydrogens is 336 g/mol. The summed E-state index contributed by atoms with van der Waals surface area (Å²) in [6.45, 7) is 3.09. The van der Waals surface area contributed by atoms with E-state index in [1.54, 1.807) is 6.20 Å². The van der Waals surface area contributed by atoms with E-state index in [-0.39, 0.29) is 6.03 Å². The minimum Gasteiger partial charge on any atom is -0.336 e. The highest BCUT2D eigenvalue weighted by molar-refractivity contribution is 5.74. The Morgan fingerprint density at radius 3 is 2.74 bits per heavy atom. The van der Waals surface area contributed by atoms with Gasteiger partial charge in [0.15, 0.2) is 0 Å². The predicted molar refractivity (Wildman–Crippen MR) is 108 cm³/mol. The summed E-state index contributed by atoms with van der Waals surface area (Å²) in [5.41, 5.74) is 2.30. The first-order valence-electron chi connectivity index (χ1n) is 9.88. The van der Waals surface area contributed by atoms with Crippen molar-refractivity contribution in [3.8, 4) is 0 Å². The third kappa shape index (κ3) is 6.07. The highest BCUT2D eigenvalue weighted by Crippen LogP contribution is 2.14. The van der Waals surface area contributed by atoms with Crippen LogP contribution < -0.4 is 5.32 Å². The molecular formula is C22H30N4O. The Morgan fingerprint density at radius 2 is 2.00 bits per heavy atom. The zero-order valence-electron chi connectivity index (χ0n) is 16.2. The van der Waals surface area contributed by atoms with Crippen LogP contribution in [-0.4, -0.2) is 53.5 Å². The number of urea groups is 1. The lowest BCUT2D eigenvalue weighted by Crippen LogP contribution is -2.48. The van der Waals surface area contributed by atoms with E-state index >= 15 is 0 Å². The van der Waals surface area contributed by atoms with E-state index in [2.05, 4.69) is 34.4 Å². The van der Waals surface area contributed by atoms with Gasteiger partial charge < -0.3 is 15.1 Å². The summed E-state index contributed by atoms with van der Waals surface area (Å²) in [7, 11) is 2.15. The smallest absolute Gasteiger partial charge is 0.317 e. The number of rotatable bonds is 7. The third-order valence-corrected chi connectivity index (χ3v) is 5.31. The number of aromatic nitrogens is 1. The number of carbonyl (C=O) groups is 1. The monoisotopic (exact) mass is 366 g/mol. The second kappa shape index (κ2) is 10.1. The molecule has 0 saturated carbocycles. The number of benzene rings is 1. The van der Waals surface area contributed by atoms with Crippen molar-refractivity contribution in [1.82, 2.24) is 20.1 Å². The fourth-order valence-corrected chi connectivity index (χ4v) is 3.59. The molecule has 144 valence electrons. The van der Waals surface area contributed by atoms with Gasteiger partial charge in [-0.3, -0.25) is 4.98 Å². The van der Waals surface area contributed by atoms with Gasteiger partial charge in [0.1, 0.15) is 0 Å². The minimum absolute atomic E-state index is 0.00811. The highest BCUT2D eigenvalue weighted by atomic mass is 16.2. The van der Waals surface area contributed by atoms with E-state index in [0.717, 1.165) is 24.9 Å². The SMILES string of the molecule is CN1CCCC[C@H]1CNC(=O)N(CCc1ccccc1)Cc1cccnc1. The van der Waals surface area contributed by atoms with Crippen molar-refractivity contribution in [2.75, 3.05) is 26.7 Å². The molecule has 1 aromatic heterocycles. The fraction of sp³-hybridized carbons (Fsp3) is 0.455. The zero-order chi connectivity index (χ0) is 18.9. The van der Waals surface area contributed by atoms with E-state index in [1.165, 1.54) is 18.4 Å². The maximum absolute atomic E-state index is 12.9.